The highest BCUT2D eigenvalue weighted by Gasteiger charge is 2.19. The van der Waals surface area contributed by atoms with Crippen molar-refractivity contribution in [2.75, 3.05) is 22.4 Å². The molecule has 2 aromatic carbocycles. The first kappa shape index (κ1) is 20.3. The predicted octanol–water partition coefficient (Wildman–Crippen LogP) is 4.14. The Morgan fingerprint density at radius 1 is 1.12 bits per heavy atom. The Bertz CT molecular complexity index is 897. The van der Waals surface area contributed by atoms with Gasteiger partial charge in [-0.15, -0.1) is 0 Å². The van der Waals surface area contributed by atoms with E-state index in [1.807, 2.05) is 26.0 Å². The van der Waals surface area contributed by atoms with Crippen molar-refractivity contribution in [1.29, 1.82) is 0 Å². The second kappa shape index (κ2) is 8.56. The lowest BCUT2D eigenvalue weighted by Crippen LogP contribution is -2.32. The van der Waals surface area contributed by atoms with Gasteiger partial charge in [0.15, 0.2) is 0 Å². The molecule has 0 spiro atoms. The molecule has 0 saturated heterocycles. The molecule has 0 aromatic heterocycles. The fourth-order valence-electron chi connectivity index (χ4n) is 2.67. The van der Waals surface area contributed by atoms with Crippen LogP contribution in [0.1, 0.15) is 24.0 Å². The SMILES string of the molecule is Cc1cc(Cl)ccc1NC(=O)CCCN(c1ccccc1C)S(C)(=O)=O. The van der Waals surface area contributed by atoms with Crippen molar-refractivity contribution in [2.24, 2.45) is 0 Å². The zero-order valence-electron chi connectivity index (χ0n) is 15.1. The molecule has 0 radical (unpaired) electrons. The standard InChI is InChI=1S/C19H23ClN2O3S/c1-14-7-4-5-8-18(14)22(26(3,24)25)12-6-9-19(23)21-17-11-10-16(20)13-15(17)2/h4-5,7-8,10-11,13H,6,9,12H2,1-3H3,(H,21,23). The Hall–Kier alpha value is -2.05. The van der Waals surface area contributed by atoms with Crippen LogP contribution in [0, 0.1) is 13.8 Å². The maximum atomic E-state index is 12.2. The molecule has 140 valence electrons. The minimum Gasteiger partial charge on any atom is -0.326 e. The summed E-state index contributed by atoms with van der Waals surface area (Å²) in [5, 5.41) is 3.45. The van der Waals surface area contributed by atoms with Gasteiger partial charge in [0.25, 0.3) is 0 Å². The van der Waals surface area contributed by atoms with E-state index in [1.165, 1.54) is 10.6 Å². The quantitative estimate of drug-likeness (QED) is 0.767. The molecule has 0 aliphatic carbocycles. The summed E-state index contributed by atoms with van der Waals surface area (Å²) >= 11 is 5.91. The number of carbonyl (C=O) groups excluding carboxylic acids is 1. The van der Waals surface area contributed by atoms with Gasteiger partial charge in [-0.3, -0.25) is 9.10 Å². The Kier molecular flexibility index (Phi) is 6.67. The number of nitrogens with one attached hydrogen (secondary N) is 1. The first-order valence-corrected chi connectivity index (χ1v) is 10.5. The highest BCUT2D eigenvalue weighted by atomic mass is 35.5. The van der Waals surface area contributed by atoms with Gasteiger partial charge < -0.3 is 5.32 Å². The van der Waals surface area contributed by atoms with Gasteiger partial charge in [-0.1, -0.05) is 29.8 Å². The minimum absolute atomic E-state index is 0.159. The lowest BCUT2D eigenvalue weighted by Gasteiger charge is -2.24. The van der Waals surface area contributed by atoms with Gasteiger partial charge in [-0.05, 0) is 55.7 Å². The summed E-state index contributed by atoms with van der Waals surface area (Å²) in [6.45, 7) is 3.98. The molecule has 0 saturated carbocycles. The number of aryl methyl sites for hydroxylation is 2. The Morgan fingerprint density at radius 2 is 1.81 bits per heavy atom. The highest BCUT2D eigenvalue weighted by Crippen LogP contribution is 2.23. The monoisotopic (exact) mass is 394 g/mol. The minimum atomic E-state index is -3.42. The van der Waals surface area contributed by atoms with E-state index in [4.69, 9.17) is 11.6 Å². The van der Waals surface area contributed by atoms with Crippen LogP contribution in [0.3, 0.4) is 0 Å². The zero-order chi connectivity index (χ0) is 19.3. The molecule has 5 nitrogen and oxygen atoms in total. The Balaban J connectivity index is 1.99. The van der Waals surface area contributed by atoms with E-state index in [-0.39, 0.29) is 18.9 Å². The summed E-state index contributed by atoms with van der Waals surface area (Å²) in [6.07, 6.45) is 1.82. The van der Waals surface area contributed by atoms with Gasteiger partial charge >= 0.3 is 0 Å². The van der Waals surface area contributed by atoms with Crippen molar-refractivity contribution in [2.45, 2.75) is 26.7 Å². The van der Waals surface area contributed by atoms with Gasteiger partial charge in [0.05, 0.1) is 11.9 Å². The molecule has 7 heteroatoms. The topological polar surface area (TPSA) is 66.5 Å². The van der Waals surface area contributed by atoms with Crippen molar-refractivity contribution < 1.29 is 13.2 Å². The molecule has 0 heterocycles. The first-order valence-electron chi connectivity index (χ1n) is 8.28. The van der Waals surface area contributed by atoms with Gasteiger partial charge in [-0.2, -0.15) is 0 Å². The van der Waals surface area contributed by atoms with Gasteiger partial charge in [0.1, 0.15) is 0 Å². The first-order chi connectivity index (χ1) is 12.2. The third-order valence-corrected chi connectivity index (χ3v) is 5.43. The second-order valence-corrected chi connectivity index (χ2v) is 8.58. The normalized spacial score (nSPS) is 11.2. The van der Waals surface area contributed by atoms with Crippen LogP contribution >= 0.6 is 11.6 Å². The summed E-state index contributed by atoms with van der Waals surface area (Å²) in [7, 11) is -3.42. The number of sulfonamides is 1. The molecule has 1 N–H and O–H groups in total. The molecular formula is C19H23ClN2O3S. The van der Waals surface area contributed by atoms with Crippen molar-refractivity contribution >= 4 is 38.9 Å². The van der Waals surface area contributed by atoms with E-state index >= 15 is 0 Å². The van der Waals surface area contributed by atoms with Crippen molar-refractivity contribution in [3.63, 3.8) is 0 Å². The fourth-order valence-corrected chi connectivity index (χ4v) is 3.92. The van der Waals surface area contributed by atoms with Crippen molar-refractivity contribution in [3.05, 3.63) is 58.6 Å². The number of carbonyl (C=O) groups is 1. The van der Waals surface area contributed by atoms with E-state index in [2.05, 4.69) is 5.32 Å². The number of hydrogen-bond acceptors (Lipinski definition) is 3. The molecule has 0 fully saturated rings. The number of halogens is 1. The molecule has 1 amide bonds. The summed E-state index contributed by atoms with van der Waals surface area (Å²) in [6, 6.07) is 12.6. The van der Waals surface area contributed by atoms with Crippen LogP contribution in [0.15, 0.2) is 42.5 Å². The lowest BCUT2D eigenvalue weighted by atomic mass is 10.2. The molecule has 2 aromatic rings. The van der Waals surface area contributed by atoms with Crippen LogP contribution in [0.4, 0.5) is 11.4 Å². The number of hydrogen-bond donors (Lipinski definition) is 1. The molecule has 0 bridgehead atoms. The lowest BCUT2D eigenvalue weighted by molar-refractivity contribution is -0.116. The van der Waals surface area contributed by atoms with E-state index < -0.39 is 10.0 Å². The average molecular weight is 395 g/mol. The third-order valence-electron chi connectivity index (χ3n) is 4.01. The van der Waals surface area contributed by atoms with E-state index in [9.17, 15) is 13.2 Å². The van der Waals surface area contributed by atoms with Gasteiger partial charge in [0, 0.05) is 23.7 Å². The van der Waals surface area contributed by atoms with E-state index in [1.54, 1.807) is 30.3 Å². The predicted molar refractivity (Wildman–Crippen MR) is 107 cm³/mol. The number of benzene rings is 2. The number of anilines is 2. The molecule has 0 unspecified atom stereocenters. The average Bonchev–Trinajstić information content (AvgIpc) is 2.54. The summed E-state index contributed by atoms with van der Waals surface area (Å²) < 4.78 is 25.6. The molecule has 0 aliphatic heterocycles. The fraction of sp³-hybridized carbons (Fsp3) is 0.316. The maximum Gasteiger partial charge on any atom is 0.232 e. The molecule has 2 rings (SSSR count). The number of para-hydroxylation sites is 1. The smallest absolute Gasteiger partial charge is 0.232 e. The second-order valence-electron chi connectivity index (χ2n) is 6.23. The summed E-state index contributed by atoms with van der Waals surface area (Å²) in [4.78, 5) is 12.2. The number of nitrogens with zero attached hydrogens (tertiary/aromatic N) is 1. The van der Waals surface area contributed by atoms with E-state index in [0.717, 1.165) is 11.1 Å². The molecule has 0 atom stereocenters. The highest BCUT2D eigenvalue weighted by molar-refractivity contribution is 7.92. The van der Waals surface area contributed by atoms with Crippen LogP contribution < -0.4 is 9.62 Å². The Labute approximate surface area is 160 Å². The van der Waals surface area contributed by atoms with Gasteiger partial charge in [0.2, 0.25) is 15.9 Å². The zero-order valence-corrected chi connectivity index (χ0v) is 16.7. The summed E-state index contributed by atoms with van der Waals surface area (Å²) in [5.41, 5.74) is 3.10. The van der Waals surface area contributed by atoms with E-state index in [0.29, 0.717) is 22.8 Å². The van der Waals surface area contributed by atoms with Gasteiger partial charge in [-0.25, -0.2) is 8.42 Å². The summed E-state index contributed by atoms with van der Waals surface area (Å²) in [5.74, 6) is -0.159. The van der Waals surface area contributed by atoms with Crippen molar-refractivity contribution in [1.82, 2.24) is 0 Å². The number of rotatable bonds is 7. The van der Waals surface area contributed by atoms with Crippen LogP contribution in [-0.2, 0) is 14.8 Å². The molecule has 0 aliphatic rings. The maximum absolute atomic E-state index is 12.2. The van der Waals surface area contributed by atoms with Crippen LogP contribution in [0.25, 0.3) is 0 Å². The Morgan fingerprint density at radius 3 is 2.42 bits per heavy atom. The number of amides is 1. The third kappa shape index (κ3) is 5.47. The van der Waals surface area contributed by atoms with Crippen LogP contribution in [0.2, 0.25) is 5.02 Å². The largest absolute Gasteiger partial charge is 0.326 e. The molecule has 26 heavy (non-hydrogen) atoms. The van der Waals surface area contributed by atoms with Crippen molar-refractivity contribution in [3.8, 4) is 0 Å². The van der Waals surface area contributed by atoms with Crippen LogP contribution in [-0.4, -0.2) is 27.1 Å². The molecular weight excluding hydrogens is 372 g/mol. The van der Waals surface area contributed by atoms with Crippen LogP contribution in [0.5, 0.6) is 0 Å².